The van der Waals surface area contributed by atoms with Gasteiger partial charge >= 0.3 is 12.1 Å². The molecule has 0 aromatic rings. The molecule has 24 heavy (non-hydrogen) atoms. The molecular weight excluding hydrogens is 330 g/mol. The molecule has 0 aliphatic rings. The van der Waals surface area contributed by atoms with E-state index in [1.54, 1.807) is 7.05 Å². The van der Waals surface area contributed by atoms with E-state index in [0.717, 1.165) is 12.8 Å². The van der Waals surface area contributed by atoms with Crippen molar-refractivity contribution in [3.63, 3.8) is 0 Å². The van der Waals surface area contributed by atoms with Crippen molar-refractivity contribution in [2.45, 2.75) is 71.8 Å². The van der Waals surface area contributed by atoms with Gasteiger partial charge in [-0.2, -0.15) is 0 Å². The number of likely N-dealkylation sites (N-methyl/N-ethyl adjacent to an activating group) is 1. The van der Waals surface area contributed by atoms with Crippen LogP contribution >= 0.6 is 11.6 Å². The molecule has 5 nitrogen and oxygen atoms in total. The largest absolute Gasteiger partial charge is 0.464 e. The quantitative estimate of drug-likeness (QED) is 0.272. The zero-order valence-corrected chi connectivity index (χ0v) is 16.4. The van der Waals surface area contributed by atoms with Crippen molar-refractivity contribution in [2.75, 3.05) is 26.1 Å². The fourth-order valence-corrected chi connectivity index (χ4v) is 2.56. The average Bonchev–Trinajstić information content (AvgIpc) is 2.53. The molecular formula is C18H34ClNO4. The van der Waals surface area contributed by atoms with E-state index in [9.17, 15) is 9.59 Å². The molecule has 0 bridgehead atoms. The molecule has 0 fully saturated rings. The first-order valence-corrected chi connectivity index (χ1v) is 9.61. The van der Waals surface area contributed by atoms with Crippen molar-refractivity contribution in [2.24, 2.45) is 5.92 Å². The third-order valence-corrected chi connectivity index (χ3v) is 4.09. The first kappa shape index (κ1) is 23.0. The Kier molecular flexibility index (Phi) is 13.8. The molecule has 0 heterocycles. The molecule has 0 rings (SSSR count). The van der Waals surface area contributed by atoms with Crippen molar-refractivity contribution >= 4 is 23.7 Å². The maximum Gasteiger partial charge on any atom is 0.410 e. The first-order chi connectivity index (χ1) is 11.5. The van der Waals surface area contributed by atoms with Gasteiger partial charge in [-0.3, -0.25) is 4.90 Å². The molecule has 0 radical (unpaired) electrons. The number of alkyl halides is 1. The number of amides is 1. The van der Waals surface area contributed by atoms with Crippen LogP contribution in [0.2, 0.25) is 0 Å². The van der Waals surface area contributed by atoms with Crippen LogP contribution in [0, 0.1) is 5.92 Å². The van der Waals surface area contributed by atoms with Gasteiger partial charge in [0.05, 0.1) is 13.2 Å². The minimum Gasteiger partial charge on any atom is -0.464 e. The molecule has 0 aliphatic heterocycles. The summed E-state index contributed by atoms with van der Waals surface area (Å²) in [6, 6.07) is -0.631. The third kappa shape index (κ3) is 10.0. The van der Waals surface area contributed by atoms with E-state index in [0.29, 0.717) is 18.9 Å². The Balaban J connectivity index is 4.23. The van der Waals surface area contributed by atoms with E-state index in [-0.39, 0.29) is 18.5 Å². The van der Waals surface area contributed by atoms with Crippen molar-refractivity contribution in [3.05, 3.63) is 0 Å². The second kappa shape index (κ2) is 14.4. The second-order valence-corrected chi connectivity index (χ2v) is 6.77. The number of carbonyl (C=O) groups is 2. The predicted octanol–water partition coefficient (Wildman–Crippen LogP) is 4.61. The molecule has 1 amide bonds. The fourth-order valence-electron chi connectivity index (χ4n) is 2.45. The van der Waals surface area contributed by atoms with Gasteiger partial charge in [0.2, 0.25) is 0 Å². The van der Waals surface area contributed by atoms with Gasteiger partial charge in [0, 0.05) is 12.9 Å². The number of nitrogens with zero attached hydrogens (tertiary/aromatic N) is 1. The Morgan fingerprint density at radius 2 is 1.54 bits per heavy atom. The summed E-state index contributed by atoms with van der Waals surface area (Å²) in [5.74, 6) is 0.0215. The number of hydrogen-bond acceptors (Lipinski definition) is 4. The number of hydrogen-bond donors (Lipinski definition) is 0. The topological polar surface area (TPSA) is 55.8 Å². The molecule has 0 saturated carbocycles. The highest BCUT2D eigenvalue weighted by atomic mass is 35.5. The number of ether oxygens (including phenoxy) is 2. The molecule has 0 spiro atoms. The standard InChI is InChI=1S/C18H34ClNO4/c1-5-6-7-8-9-10-13-23-17(21)16(15(2)3)20(4)18(22)24-14-11-12-19/h15-16H,5-14H2,1-4H3. The summed E-state index contributed by atoms with van der Waals surface area (Å²) in [4.78, 5) is 25.6. The van der Waals surface area contributed by atoms with E-state index in [4.69, 9.17) is 21.1 Å². The minimum atomic E-state index is -0.631. The number of unbranched alkanes of at least 4 members (excludes halogenated alkanes) is 5. The number of rotatable bonds is 13. The predicted molar refractivity (Wildman–Crippen MR) is 97.4 cm³/mol. The maximum absolute atomic E-state index is 12.3. The van der Waals surface area contributed by atoms with Crippen LogP contribution in [0.4, 0.5) is 4.79 Å². The van der Waals surface area contributed by atoms with Crippen LogP contribution in [0.1, 0.15) is 65.7 Å². The number of halogens is 1. The Labute approximate surface area is 152 Å². The van der Waals surface area contributed by atoms with Gasteiger partial charge in [-0.15, -0.1) is 11.6 Å². The molecule has 6 heteroatoms. The van der Waals surface area contributed by atoms with Crippen molar-refractivity contribution < 1.29 is 19.1 Å². The molecule has 1 unspecified atom stereocenters. The van der Waals surface area contributed by atoms with Crippen LogP contribution in [0.3, 0.4) is 0 Å². The van der Waals surface area contributed by atoms with Crippen LogP contribution in [0.25, 0.3) is 0 Å². The number of esters is 1. The van der Waals surface area contributed by atoms with E-state index in [1.165, 1.54) is 30.6 Å². The molecule has 0 aromatic heterocycles. The lowest BCUT2D eigenvalue weighted by molar-refractivity contribution is -0.150. The van der Waals surface area contributed by atoms with Gasteiger partial charge in [-0.1, -0.05) is 52.9 Å². The lowest BCUT2D eigenvalue weighted by Crippen LogP contribution is -2.47. The van der Waals surface area contributed by atoms with Gasteiger partial charge in [0.1, 0.15) is 6.04 Å². The zero-order chi connectivity index (χ0) is 18.4. The van der Waals surface area contributed by atoms with Crippen LogP contribution in [0.15, 0.2) is 0 Å². The van der Waals surface area contributed by atoms with Crippen molar-refractivity contribution in [1.82, 2.24) is 4.90 Å². The second-order valence-electron chi connectivity index (χ2n) is 6.39. The monoisotopic (exact) mass is 363 g/mol. The normalized spacial score (nSPS) is 12.1. The van der Waals surface area contributed by atoms with Crippen LogP contribution in [0.5, 0.6) is 0 Å². The maximum atomic E-state index is 12.3. The molecule has 0 aromatic carbocycles. The van der Waals surface area contributed by atoms with E-state index in [2.05, 4.69) is 6.92 Å². The summed E-state index contributed by atoms with van der Waals surface area (Å²) in [5, 5.41) is 0. The Morgan fingerprint density at radius 1 is 0.958 bits per heavy atom. The summed E-state index contributed by atoms with van der Waals surface area (Å²) in [7, 11) is 1.57. The average molecular weight is 364 g/mol. The molecule has 1 atom stereocenters. The first-order valence-electron chi connectivity index (χ1n) is 9.07. The molecule has 142 valence electrons. The SMILES string of the molecule is CCCCCCCCOC(=O)C(C(C)C)N(C)C(=O)OCCCCl. The number of carbonyl (C=O) groups excluding carboxylic acids is 2. The third-order valence-electron chi connectivity index (χ3n) is 3.82. The van der Waals surface area contributed by atoms with Crippen LogP contribution < -0.4 is 0 Å². The molecule has 0 saturated heterocycles. The highest BCUT2D eigenvalue weighted by Gasteiger charge is 2.32. The van der Waals surface area contributed by atoms with Crippen LogP contribution in [-0.2, 0) is 14.3 Å². The van der Waals surface area contributed by atoms with Crippen molar-refractivity contribution in [3.8, 4) is 0 Å². The molecule has 0 N–H and O–H groups in total. The van der Waals surface area contributed by atoms with E-state index >= 15 is 0 Å². The van der Waals surface area contributed by atoms with Crippen LogP contribution in [-0.4, -0.2) is 49.1 Å². The van der Waals surface area contributed by atoms with Gasteiger partial charge in [0.25, 0.3) is 0 Å². The van der Waals surface area contributed by atoms with Gasteiger partial charge in [-0.05, 0) is 18.8 Å². The zero-order valence-electron chi connectivity index (χ0n) is 15.7. The Bertz CT molecular complexity index is 350. The summed E-state index contributed by atoms with van der Waals surface area (Å²) >= 11 is 5.56. The van der Waals surface area contributed by atoms with Gasteiger partial charge < -0.3 is 9.47 Å². The lowest BCUT2D eigenvalue weighted by Gasteiger charge is -2.28. The Morgan fingerprint density at radius 3 is 2.12 bits per heavy atom. The minimum absolute atomic E-state index is 0.0485. The molecule has 0 aliphatic carbocycles. The summed E-state index contributed by atoms with van der Waals surface area (Å²) in [6.07, 6.45) is 6.89. The van der Waals surface area contributed by atoms with E-state index < -0.39 is 12.1 Å². The van der Waals surface area contributed by atoms with E-state index in [1.807, 2.05) is 13.8 Å². The smallest absolute Gasteiger partial charge is 0.410 e. The van der Waals surface area contributed by atoms with Gasteiger partial charge in [-0.25, -0.2) is 9.59 Å². The highest BCUT2D eigenvalue weighted by Crippen LogP contribution is 2.13. The fraction of sp³-hybridized carbons (Fsp3) is 0.889. The summed E-state index contributed by atoms with van der Waals surface area (Å²) < 4.78 is 10.5. The summed E-state index contributed by atoms with van der Waals surface area (Å²) in [6.45, 7) is 6.62. The van der Waals surface area contributed by atoms with Crippen molar-refractivity contribution in [1.29, 1.82) is 0 Å². The highest BCUT2D eigenvalue weighted by molar-refractivity contribution is 6.17. The summed E-state index contributed by atoms with van der Waals surface area (Å²) in [5.41, 5.74) is 0. The Hall–Kier alpha value is -0.970. The van der Waals surface area contributed by atoms with Gasteiger partial charge in [0.15, 0.2) is 0 Å². The lowest BCUT2D eigenvalue weighted by atomic mass is 10.0.